The van der Waals surface area contributed by atoms with Crippen LogP contribution in [0.2, 0.25) is 0 Å². The van der Waals surface area contributed by atoms with Gasteiger partial charge in [0.05, 0.1) is 0 Å². The average molecular weight is 771 g/mol. The molecule has 0 radical (unpaired) electrons. The third kappa shape index (κ3) is 42.4. The van der Waals surface area contributed by atoms with E-state index in [0.29, 0.717) is 19.3 Å². The van der Waals surface area contributed by atoms with Gasteiger partial charge in [-0.05, 0) is 77.0 Å². The molecule has 1 unspecified atom stereocenters. The molecular weight excluding hydrogens is 685 g/mol. The summed E-state index contributed by atoms with van der Waals surface area (Å²) >= 11 is 0. The summed E-state index contributed by atoms with van der Waals surface area (Å²) in [5, 5.41) is 0. The number of carbonyl (C=O) groups is 3. The monoisotopic (exact) mass is 771 g/mol. The number of carbonyl (C=O) groups excluding carboxylic acids is 3. The molecule has 0 heterocycles. The van der Waals surface area contributed by atoms with Gasteiger partial charge in [0, 0.05) is 19.3 Å². The van der Waals surface area contributed by atoms with Crippen LogP contribution < -0.4 is 0 Å². The maximum atomic E-state index is 12.6. The van der Waals surface area contributed by atoms with Crippen molar-refractivity contribution in [3.8, 4) is 0 Å². The van der Waals surface area contributed by atoms with Crippen LogP contribution in [0, 0.1) is 0 Å². The second-order valence-corrected chi connectivity index (χ2v) is 15.3. The predicted octanol–water partition coefficient (Wildman–Crippen LogP) is 14.8. The van der Waals surface area contributed by atoms with E-state index in [4.69, 9.17) is 14.2 Å². The van der Waals surface area contributed by atoms with Crippen molar-refractivity contribution in [1.29, 1.82) is 0 Å². The maximum Gasteiger partial charge on any atom is 0.306 e. The fraction of sp³-hybridized carbons (Fsp3) is 0.776. The number of esters is 3. The molecule has 0 amide bonds. The van der Waals surface area contributed by atoms with Crippen LogP contribution in [0.4, 0.5) is 0 Å². The molecule has 0 aromatic rings. The zero-order valence-electron chi connectivity index (χ0n) is 36.2. The number of hydrogen-bond donors (Lipinski definition) is 0. The molecule has 0 aromatic carbocycles. The minimum absolute atomic E-state index is 0.0819. The molecule has 1 atom stereocenters. The minimum Gasteiger partial charge on any atom is -0.462 e. The van der Waals surface area contributed by atoms with Gasteiger partial charge in [-0.25, -0.2) is 0 Å². The molecule has 0 aliphatic rings. The molecule has 0 aliphatic carbocycles. The molecule has 0 fully saturated rings. The highest BCUT2D eigenvalue weighted by Crippen LogP contribution is 2.13. The fourth-order valence-corrected chi connectivity index (χ4v) is 6.25. The van der Waals surface area contributed by atoms with Crippen LogP contribution in [0.25, 0.3) is 0 Å². The van der Waals surface area contributed by atoms with Crippen LogP contribution in [0.3, 0.4) is 0 Å². The van der Waals surface area contributed by atoms with Gasteiger partial charge in [0.1, 0.15) is 13.2 Å². The van der Waals surface area contributed by atoms with Crippen molar-refractivity contribution in [3.05, 3.63) is 48.6 Å². The Balaban J connectivity index is 4.19. The largest absolute Gasteiger partial charge is 0.462 e. The molecule has 6 heteroatoms. The second kappa shape index (κ2) is 44.1. The first-order valence-corrected chi connectivity index (χ1v) is 23.1. The Morgan fingerprint density at radius 1 is 0.364 bits per heavy atom. The molecule has 0 aromatic heterocycles. The zero-order valence-corrected chi connectivity index (χ0v) is 36.2. The molecular formula is C49H86O6. The summed E-state index contributed by atoms with van der Waals surface area (Å²) in [6.45, 7) is 6.47. The van der Waals surface area contributed by atoms with Gasteiger partial charge in [-0.3, -0.25) is 14.4 Å². The first-order chi connectivity index (χ1) is 27.0. The van der Waals surface area contributed by atoms with E-state index in [9.17, 15) is 14.4 Å². The van der Waals surface area contributed by atoms with Crippen molar-refractivity contribution in [2.45, 2.75) is 232 Å². The SMILES string of the molecule is CCCC/C=C\CCCCCCCC(=O)OC(COC(=O)CCCCCCC)COC(=O)CCCCCCCC/C=C\C/C=C\C/C=C\CCCCCCC. The number of allylic oxidation sites excluding steroid dienone is 8. The van der Waals surface area contributed by atoms with Crippen LogP contribution in [0.15, 0.2) is 48.6 Å². The Morgan fingerprint density at radius 3 is 1.09 bits per heavy atom. The Hall–Kier alpha value is -2.63. The summed E-state index contributed by atoms with van der Waals surface area (Å²) in [6, 6.07) is 0. The third-order valence-corrected chi connectivity index (χ3v) is 9.81. The van der Waals surface area contributed by atoms with Gasteiger partial charge < -0.3 is 14.2 Å². The first kappa shape index (κ1) is 52.4. The maximum absolute atomic E-state index is 12.6. The smallest absolute Gasteiger partial charge is 0.306 e. The number of rotatable bonds is 41. The highest BCUT2D eigenvalue weighted by molar-refractivity contribution is 5.71. The van der Waals surface area contributed by atoms with Crippen LogP contribution in [0.5, 0.6) is 0 Å². The summed E-state index contributed by atoms with van der Waals surface area (Å²) in [4.78, 5) is 37.4. The van der Waals surface area contributed by atoms with E-state index < -0.39 is 6.10 Å². The molecule has 6 nitrogen and oxygen atoms in total. The normalized spacial score (nSPS) is 12.4. The van der Waals surface area contributed by atoms with E-state index in [0.717, 1.165) is 96.3 Å². The summed E-state index contributed by atoms with van der Waals surface area (Å²) < 4.78 is 16.6. The highest BCUT2D eigenvalue weighted by Gasteiger charge is 2.19. The third-order valence-electron chi connectivity index (χ3n) is 9.81. The lowest BCUT2D eigenvalue weighted by Crippen LogP contribution is -2.30. The Labute approximate surface area is 339 Å². The van der Waals surface area contributed by atoms with Crippen molar-refractivity contribution in [2.24, 2.45) is 0 Å². The lowest BCUT2D eigenvalue weighted by Gasteiger charge is -2.18. The number of hydrogen-bond acceptors (Lipinski definition) is 6. The molecule has 318 valence electrons. The summed E-state index contributed by atoms with van der Waals surface area (Å²) in [5.41, 5.74) is 0. The van der Waals surface area contributed by atoms with Crippen LogP contribution in [0.1, 0.15) is 226 Å². The Kier molecular flexibility index (Phi) is 42.0. The average Bonchev–Trinajstić information content (AvgIpc) is 3.18. The van der Waals surface area contributed by atoms with Crippen molar-refractivity contribution in [1.82, 2.24) is 0 Å². The van der Waals surface area contributed by atoms with E-state index in [1.54, 1.807) is 0 Å². The van der Waals surface area contributed by atoms with Crippen molar-refractivity contribution >= 4 is 17.9 Å². The fourth-order valence-electron chi connectivity index (χ4n) is 6.25. The summed E-state index contributed by atoms with van der Waals surface area (Å²) in [5.74, 6) is -0.920. The topological polar surface area (TPSA) is 78.9 Å². The van der Waals surface area contributed by atoms with E-state index in [1.165, 1.54) is 89.9 Å². The molecule has 0 bridgehead atoms. The van der Waals surface area contributed by atoms with Crippen LogP contribution in [-0.4, -0.2) is 37.2 Å². The van der Waals surface area contributed by atoms with E-state index in [1.807, 2.05) is 0 Å². The first-order valence-electron chi connectivity index (χ1n) is 23.1. The lowest BCUT2D eigenvalue weighted by atomic mass is 10.1. The molecule has 0 rings (SSSR count). The van der Waals surface area contributed by atoms with E-state index >= 15 is 0 Å². The minimum atomic E-state index is -0.776. The summed E-state index contributed by atoms with van der Waals surface area (Å²) in [6.07, 6.45) is 51.3. The number of ether oxygens (including phenoxy) is 3. The van der Waals surface area contributed by atoms with Gasteiger partial charge in [-0.1, -0.05) is 179 Å². The zero-order chi connectivity index (χ0) is 40.1. The van der Waals surface area contributed by atoms with Crippen LogP contribution in [-0.2, 0) is 28.6 Å². The van der Waals surface area contributed by atoms with Gasteiger partial charge >= 0.3 is 17.9 Å². The van der Waals surface area contributed by atoms with Gasteiger partial charge in [-0.15, -0.1) is 0 Å². The van der Waals surface area contributed by atoms with E-state index in [2.05, 4.69) is 69.4 Å². The van der Waals surface area contributed by atoms with Crippen molar-refractivity contribution in [3.63, 3.8) is 0 Å². The number of unbranched alkanes of at least 4 members (excludes halogenated alkanes) is 22. The quantitative estimate of drug-likeness (QED) is 0.0267. The van der Waals surface area contributed by atoms with Gasteiger partial charge in [-0.2, -0.15) is 0 Å². The molecule has 0 N–H and O–H groups in total. The standard InChI is InChI=1S/C49H86O6/c1-4-7-10-13-15-17-19-20-21-22-23-24-25-26-27-28-30-31-33-36-39-42-48(51)54-45-46(44-53-47(50)41-38-35-12-9-6-3)55-49(52)43-40-37-34-32-29-18-16-14-11-8-5-2/h14,16,19-20,22-23,25-26,46H,4-13,15,17-18,21,24,27-45H2,1-3H3/b16-14-,20-19-,23-22-,26-25-. The van der Waals surface area contributed by atoms with Gasteiger partial charge in [0.2, 0.25) is 0 Å². The van der Waals surface area contributed by atoms with Crippen molar-refractivity contribution < 1.29 is 28.6 Å². The highest BCUT2D eigenvalue weighted by atomic mass is 16.6. The van der Waals surface area contributed by atoms with Crippen molar-refractivity contribution in [2.75, 3.05) is 13.2 Å². The molecule has 55 heavy (non-hydrogen) atoms. The Bertz CT molecular complexity index is 980. The van der Waals surface area contributed by atoms with Crippen LogP contribution >= 0.6 is 0 Å². The molecule has 0 aliphatic heterocycles. The molecule has 0 saturated heterocycles. The van der Waals surface area contributed by atoms with Gasteiger partial charge in [0.25, 0.3) is 0 Å². The molecule has 0 saturated carbocycles. The molecule has 0 spiro atoms. The second-order valence-electron chi connectivity index (χ2n) is 15.3. The van der Waals surface area contributed by atoms with Gasteiger partial charge in [0.15, 0.2) is 6.10 Å². The Morgan fingerprint density at radius 2 is 0.673 bits per heavy atom. The summed E-state index contributed by atoms with van der Waals surface area (Å²) in [7, 11) is 0. The predicted molar refractivity (Wildman–Crippen MR) is 233 cm³/mol. The van der Waals surface area contributed by atoms with E-state index in [-0.39, 0.29) is 31.1 Å². The lowest BCUT2D eigenvalue weighted by molar-refractivity contribution is -0.167.